The molecule has 0 atom stereocenters. The Hall–Kier alpha value is -1.71. The molecule has 0 radical (unpaired) electrons. The average molecular weight is 367 g/mol. The van der Waals surface area contributed by atoms with Gasteiger partial charge in [0.2, 0.25) is 0 Å². The van der Waals surface area contributed by atoms with Crippen LogP contribution in [0.1, 0.15) is 5.56 Å². The lowest BCUT2D eigenvalue weighted by atomic mass is 10.1. The Morgan fingerprint density at radius 3 is 2.68 bits per heavy atom. The second-order valence-corrected chi connectivity index (χ2v) is 5.76. The third-order valence-electron chi connectivity index (χ3n) is 3.42. The van der Waals surface area contributed by atoms with Crippen molar-refractivity contribution in [2.75, 3.05) is 40.5 Å². The number of methoxy groups -OCH3 is 2. The smallest absolute Gasteiger partial charge is 0.174 e. The number of halogens is 1. The zero-order valence-electron chi connectivity index (χ0n) is 12.8. The molecule has 0 unspecified atom stereocenters. The van der Waals surface area contributed by atoms with Crippen LogP contribution in [0.3, 0.4) is 0 Å². The van der Waals surface area contributed by atoms with E-state index in [-0.39, 0.29) is 0 Å². The summed E-state index contributed by atoms with van der Waals surface area (Å²) in [5.41, 5.74) is 1.70. The molecule has 1 saturated heterocycles. The minimum absolute atomic E-state index is 0.548. The Bertz CT molecular complexity index is 590. The molecular formula is C16H19BrN2O3. The molecule has 0 aliphatic carbocycles. The van der Waals surface area contributed by atoms with Crippen LogP contribution in [0.25, 0.3) is 0 Å². The van der Waals surface area contributed by atoms with Gasteiger partial charge in [0.15, 0.2) is 11.5 Å². The van der Waals surface area contributed by atoms with Crippen LogP contribution in [-0.2, 0) is 11.2 Å². The van der Waals surface area contributed by atoms with Crippen LogP contribution in [0, 0.1) is 11.3 Å². The van der Waals surface area contributed by atoms with Gasteiger partial charge in [0.1, 0.15) is 0 Å². The number of allylic oxidation sites excluding steroid dienone is 1. The van der Waals surface area contributed by atoms with Gasteiger partial charge >= 0.3 is 0 Å². The maximum Gasteiger partial charge on any atom is 0.174 e. The van der Waals surface area contributed by atoms with Crippen LogP contribution in [0.5, 0.6) is 11.5 Å². The molecule has 0 N–H and O–H groups in total. The number of benzene rings is 1. The van der Waals surface area contributed by atoms with Gasteiger partial charge in [-0.15, -0.1) is 0 Å². The SMILES string of the molecule is COc1cc(CC(C#N)=CN2CCOCC2)cc(Br)c1OC. The molecule has 1 aromatic carbocycles. The molecule has 0 aromatic heterocycles. The van der Waals surface area contributed by atoms with Crippen molar-refractivity contribution in [1.29, 1.82) is 5.26 Å². The summed E-state index contributed by atoms with van der Waals surface area (Å²) < 4.78 is 16.8. The van der Waals surface area contributed by atoms with Crippen molar-refractivity contribution in [2.24, 2.45) is 0 Å². The van der Waals surface area contributed by atoms with E-state index in [0.717, 1.165) is 23.1 Å². The number of hydrogen-bond acceptors (Lipinski definition) is 5. The average Bonchev–Trinajstić information content (AvgIpc) is 2.54. The fraction of sp³-hybridized carbons (Fsp3) is 0.438. The first-order chi connectivity index (χ1) is 10.7. The molecule has 0 bridgehead atoms. The minimum Gasteiger partial charge on any atom is -0.493 e. The molecular weight excluding hydrogens is 348 g/mol. The molecule has 1 aliphatic heterocycles. The summed E-state index contributed by atoms with van der Waals surface area (Å²) in [6.07, 6.45) is 2.47. The van der Waals surface area contributed by atoms with E-state index in [0.29, 0.717) is 36.7 Å². The first-order valence-electron chi connectivity index (χ1n) is 7.01. The van der Waals surface area contributed by atoms with Crippen LogP contribution >= 0.6 is 15.9 Å². The molecule has 5 nitrogen and oxygen atoms in total. The van der Waals surface area contributed by atoms with Gasteiger partial charge in [-0.2, -0.15) is 5.26 Å². The molecule has 0 saturated carbocycles. The molecule has 6 heteroatoms. The third-order valence-corrected chi connectivity index (χ3v) is 4.00. The first-order valence-corrected chi connectivity index (χ1v) is 7.80. The lowest BCUT2D eigenvalue weighted by Gasteiger charge is -2.25. The van der Waals surface area contributed by atoms with Gasteiger partial charge < -0.3 is 19.1 Å². The van der Waals surface area contributed by atoms with Crippen molar-refractivity contribution in [3.05, 3.63) is 33.9 Å². The quantitative estimate of drug-likeness (QED) is 0.750. The molecule has 0 amide bonds. The maximum atomic E-state index is 9.37. The van der Waals surface area contributed by atoms with Crippen LogP contribution in [0.4, 0.5) is 0 Å². The van der Waals surface area contributed by atoms with Crippen molar-refractivity contribution >= 4 is 15.9 Å². The molecule has 118 valence electrons. The monoisotopic (exact) mass is 366 g/mol. The highest BCUT2D eigenvalue weighted by Crippen LogP contribution is 2.36. The van der Waals surface area contributed by atoms with E-state index < -0.39 is 0 Å². The largest absolute Gasteiger partial charge is 0.493 e. The zero-order valence-corrected chi connectivity index (χ0v) is 14.4. The van der Waals surface area contributed by atoms with Gasteiger partial charge in [0.25, 0.3) is 0 Å². The van der Waals surface area contributed by atoms with Gasteiger partial charge in [0, 0.05) is 31.3 Å². The first kappa shape index (κ1) is 16.7. The molecule has 1 aliphatic rings. The van der Waals surface area contributed by atoms with Crippen molar-refractivity contribution in [2.45, 2.75) is 6.42 Å². The number of rotatable bonds is 5. The standard InChI is InChI=1S/C16H19BrN2O3/c1-20-15-9-12(8-14(17)16(15)21-2)7-13(10-18)11-19-3-5-22-6-4-19/h8-9,11H,3-7H2,1-2H3. The van der Waals surface area contributed by atoms with Gasteiger partial charge in [-0.3, -0.25) is 0 Å². The van der Waals surface area contributed by atoms with Crippen molar-refractivity contribution in [3.63, 3.8) is 0 Å². The zero-order chi connectivity index (χ0) is 15.9. The van der Waals surface area contributed by atoms with Gasteiger partial charge in [-0.25, -0.2) is 0 Å². The van der Waals surface area contributed by atoms with E-state index in [4.69, 9.17) is 14.2 Å². The van der Waals surface area contributed by atoms with Crippen molar-refractivity contribution in [1.82, 2.24) is 4.90 Å². The molecule has 1 heterocycles. The number of ether oxygens (including phenoxy) is 3. The minimum atomic E-state index is 0.548. The summed E-state index contributed by atoms with van der Waals surface area (Å²) in [4.78, 5) is 2.12. The molecule has 1 fully saturated rings. The number of nitrogens with zero attached hydrogens (tertiary/aromatic N) is 2. The highest BCUT2D eigenvalue weighted by molar-refractivity contribution is 9.10. The summed E-state index contributed by atoms with van der Waals surface area (Å²) in [6, 6.07) is 6.12. The van der Waals surface area contributed by atoms with E-state index in [2.05, 4.69) is 26.9 Å². The molecule has 0 spiro atoms. The summed E-state index contributed by atoms with van der Waals surface area (Å²) in [5, 5.41) is 9.37. The predicted molar refractivity (Wildman–Crippen MR) is 87.0 cm³/mol. The topological polar surface area (TPSA) is 54.7 Å². The van der Waals surface area contributed by atoms with Gasteiger partial charge in [-0.1, -0.05) is 0 Å². The van der Waals surface area contributed by atoms with E-state index in [1.54, 1.807) is 14.2 Å². The van der Waals surface area contributed by atoms with Crippen LogP contribution in [0.15, 0.2) is 28.4 Å². The van der Waals surface area contributed by atoms with E-state index in [1.165, 1.54) is 0 Å². The van der Waals surface area contributed by atoms with Crippen LogP contribution in [0.2, 0.25) is 0 Å². The fourth-order valence-electron chi connectivity index (χ4n) is 2.33. The number of morpholine rings is 1. The Morgan fingerprint density at radius 1 is 1.36 bits per heavy atom. The number of nitriles is 1. The lowest BCUT2D eigenvalue weighted by Crippen LogP contribution is -2.32. The van der Waals surface area contributed by atoms with Crippen LogP contribution in [-0.4, -0.2) is 45.4 Å². The summed E-state index contributed by atoms with van der Waals surface area (Å²) in [6.45, 7) is 3.05. The van der Waals surface area contributed by atoms with Gasteiger partial charge in [-0.05, 0) is 33.6 Å². The van der Waals surface area contributed by atoms with Gasteiger partial charge in [0.05, 0.1) is 38.0 Å². The van der Waals surface area contributed by atoms with E-state index in [9.17, 15) is 5.26 Å². The molecule has 22 heavy (non-hydrogen) atoms. The maximum absolute atomic E-state index is 9.37. The second-order valence-electron chi connectivity index (χ2n) is 4.90. The normalized spacial score (nSPS) is 15.4. The van der Waals surface area contributed by atoms with E-state index >= 15 is 0 Å². The third kappa shape index (κ3) is 4.15. The second kappa shape index (κ2) is 8.06. The number of hydrogen-bond donors (Lipinski definition) is 0. The molecule has 2 rings (SSSR count). The lowest BCUT2D eigenvalue weighted by molar-refractivity contribution is 0.0591. The van der Waals surface area contributed by atoms with Crippen LogP contribution < -0.4 is 9.47 Å². The van der Waals surface area contributed by atoms with Crippen molar-refractivity contribution < 1.29 is 14.2 Å². The predicted octanol–water partition coefficient (Wildman–Crippen LogP) is 2.75. The Labute approximate surface area is 139 Å². The fourth-order valence-corrected chi connectivity index (χ4v) is 2.99. The van der Waals surface area contributed by atoms with Crippen molar-refractivity contribution in [3.8, 4) is 17.6 Å². The Morgan fingerprint density at radius 2 is 2.09 bits per heavy atom. The summed E-state index contributed by atoms with van der Waals surface area (Å²) in [5.74, 6) is 1.30. The van der Waals surface area contributed by atoms with E-state index in [1.807, 2.05) is 18.3 Å². The molecule has 1 aromatic rings. The summed E-state index contributed by atoms with van der Waals surface area (Å²) >= 11 is 3.48. The highest BCUT2D eigenvalue weighted by atomic mass is 79.9. The summed E-state index contributed by atoms with van der Waals surface area (Å²) in [7, 11) is 3.20. The Kier molecular flexibility index (Phi) is 6.10. The Balaban J connectivity index is 2.19. The highest BCUT2D eigenvalue weighted by Gasteiger charge is 2.13.